The number of ether oxygens (including phenoxy) is 1. The van der Waals surface area contributed by atoms with E-state index in [4.69, 9.17) is 24.5 Å². The molecule has 2 fully saturated rings. The highest BCUT2D eigenvalue weighted by Gasteiger charge is 2.41. The molecule has 176 valence electrons. The molecule has 4 N–H and O–H groups in total. The fraction of sp³-hybridized carbons (Fsp3) is 0.625. The van der Waals surface area contributed by atoms with Gasteiger partial charge < -0.3 is 25.6 Å². The van der Waals surface area contributed by atoms with E-state index in [0.717, 1.165) is 32.5 Å². The minimum absolute atomic E-state index is 0.0463. The van der Waals surface area contributed by atoms with Gasteiger partial charge in [-0.05, 0) is 25.5 Å². The van der Waals surface area contributed by atoms with Crippen LogP contribution in [0.15, 0.2) is 18.5 Å². The lowest BCUT2D eigenvalue weighted by molar-refractivity contribution is -0.193. The van der Waals surface area contributed by atoms with Crippen LogP contribution in [-0.4, -0.2) is 75.8 Å². The zero-order chi connectivity index (χ0) is 23.7. The number of carboxylic acids is 2. The monoisotopic (exact) mass is 462 g/mol. The molecule has 15 heteroatoms. The van der Waals surface area contributed by atoms with Crippen molar-refractivity contribution in [2.24, 2.45) is 0 Å². The number of carbonyl (C=O) groups is 2. The molecule has 2 atom stereocenters. The topological polar surface area (TPSA) is 134 Å². The Morgan fingerprint density at radius 2 is 1.61 bits per heavy atom. The maximum Gasteiger partial charge on any atom is 0.490 e. The van der Waals surface area contributed by atoms with E-state index in [2.05, 4.69) is 20.6 Å². The minimum Gasteiger partial charge on any atom is -0.475 e. The number of anilines is 1. The Hall–Kier alpha value is -2.68. The maximum atomic E-state index is 10.6. The van der Waals surface area contributed by atoms with Crippen LogP contribution in [-0.2, 0) is 14.3 Å². The normalized spacial score (nSPS) is 23.1. The van der Waals surface area contributed by atoms with E-state index >= 15 is 0 Å². The summed E-state index contributed by atoms with van der Waals surface area (Å²) >= 11 is 0. The van der Waals surface area contributed by atoms with Crippen LogP contribution in [0, 0.1) is 0 Å². The number of rotatable bonds is 2. The number of aromatic nitrogens is 2. The van der Waals surface area contributed by atoms with Gasteiger partial charge in [0.05, 0.1) is 18.2 Å². The molecule has 0 bridgehead atoms. The Bertz CT molecular complexity index is 687. The quantitative estimate of drug-likeness (QED) is 0.488. The molecule has 2 aliphatic heterocycles. The minimum atomic E-state index is -5.08. The van der Waals surface area contributed by atoms with E-state index in [-0.39, 0.29) is 5.60 Å². The lowest BCUT2D eigenvalue weighted by atomic mass is 9.90. The van der Waals surface area contributed by atoms with Crippen molar-refractivity contribution in [3.05, 3.63) is 18.5 Å². The first-order valence-corrected chi connectivity index (χ1v) is 8.74. The Kier molecular flexibility index (Phi) is 9.42. The molecule has 1 spiro atoms. The second-order valence-electron chi connectivity index (χ2n) is 6.50. The van der Waals surface area contributed by atoms with Crippen LogP contribution < -0.4 is 10.6 Å². The molecule has 3 rings (SSSR count). The molecule has 2 saturated heterocycles. The average molecular weight is 462 g/mol. The molecule has 2 unspecified atom stereocenters. The van der Waals surface area contributed by atoms with Crippen molar-refractivity contribution < 1.29 is 50.9 Å². The highest BCUT2D eigenvalue weighted by Crippen LogP contribution is 2.32. The predicted octanol–water partition coefficient (Wildman–Crippen LogP) is 2.07. The number of nitrogens with one attached hydrogen (secondary N) is 2. The molecule has 3 heterocycles. The van der Waals surface area contributed by atoms with Crippen molar-refractivity contribution in [2.45, 2.75) is 43.3 Å². The fourth-order valence-corrected chi connectivity index (χ4v) is 2.73. The zero-order valence-corrected chi connectivity index (χ0v) is 15.8. The molecule has 2 aliphatic rings. The van der Waals surface area contributed by atoms with Crippen LogP contribution >= 0.6 is 0 Å². The first-order chi connectivity index (χ1) is 14.3. The van der Waals surface area contributed by atoms with Crippen LogP contribution in [0.25, 0.3) is 0 Å². The van der Waals surface area contributed by atoms with Crippen molar-refractivity contribution in [2.75, 3.05) is 25.0 Å². The Morgan fingerprint density at radius 3 is 2.03 bits per heavy atom. The van der Waals surface area contributed by atoms with Crippen molar-refractivity contribution >= 4 is 17.9 Å². The van der Waals surface area contributed by atoms with E-state index in [9.17, 15) is 26.3 Å². The van der Waals surface area contributed by atoms with Gasteiger partial charge in [-0.15, -0.1) is 0 Å². The summed E-state index contributed by atoms with van der Waals surface area (Å²) in [6.45, 7) is 2.84. The number of hydrogen-bond acceptors (Lipinski definition) is 7. The number of nitrogens with zero attached hydrogens (tertiary/aromatic N) is 2. The van der Waals surface area contributed by atoms with E-state index in [0.29, 0.717) is 12.0 Å². The Labute approximate surface area is 171 Å². The van der Waals surface area contributed by atoms with Gasteiger partial charge in [0, 0.05) is 25.4 Å². The largest absolute Gasteiger partial charge is 0.490 e. The third kappa shape index (κ3) is 9.78. The SMILES string of the molecule is O=C(O)C(F)(F)F.O=C(O)C(F)(F)F.c1cnc(NC2COC3(CCCNC3)C2)nc1. The summed E-state index contributed by atoms with van der Waals surface area (Å²) in [6.07, 6.45) is -3.26. The van der Waals surface area contributed by atoms with Gasteiger partial charge in [0.25, 0.3) is 0 Å². The van der Waals surface area contributed by atoms with Crippen LogP contribution in [0.2, 0.25) is 0 Å². The van der Waals surface area contributed by atoms with E-state index in [1.54, 1.807) is 12.4 Å². The summed E-state index contributed by atoms with van der Waals surface area (Å²) in [6, 6.07) is 2.15. The van der Waals surface area contributed by atoms with Crippen LogP contribution in [0.5, 0.6) is 0 Å². The molecule has 9 nitrogen and oxygen atoms in total. The molecule has 1 aromatic rings. The van der Waals surface area contributed by atoms with Gasteiger partial charge in [-0.1, -0.05) is 0 Å². The van der Waals surface area contributed by atoms with Crippen LogP contribution in [0.4, 0.5) is 32.3 Å². The van der Waals surface area contributed by atoms with E-state index in [1.165, 1.54) is 6.42 Å². The number of halogens is 6. The van der Waals surface area contributed by atoms with E-state index in [1.807, 2.05) is 6.07 Å². The lowest BCUT2D eigenvalue weighted by Gasteiger charge is -2.32. The summed E-state index contributed by atoms with van der Waals surface area (Å²) in [4.78, 5) is 26.2. The molecular formula is C16H20F6N4O5. The van der Waals surface area contributed by atoms with Gasteiger partial charge in [0.15, 0.2) is 0 Å². The second-order valence-corrected chi connectivity index (χ2v) is 6.50. The van der Waals surface area contributed by atoms with Gasteiger partial charge in [-0.2, -0.15) is 26.3 Å². The summed E-state index contributed by atoms with van der Waals surface area (Å²) in [5.74, 6) is -4.82. The standard InChI is InChI=1S/C12H18N4O.2C2HF3O2/c1-3-12(9-13-4-1)7-10(8-17-12)16-11-14-5-2-6-15-11;2*3-2(4,5)1(6)7/h2,5-6,10,13H,1,3-4,7-9H2,(H,14,15,16);2*(H,6,7). The fourth-order valence-electron chi connectivity index (χ4n) is 2.73. The predicted molar refractivity (Wildman–Crippen MR) is 92.2 cm³/mol. The van der Waals surface area contributed by atoms with Crippen LogP contribution in [0.3, 0.4) is 0 Å². The Morgan fingerprint density at radius 1 is 1.10 bits per heavy atom. The highest BCUT2D eigenvalue weighted by molar-refractivity contribution is 5.73. The summed E-state index contributed by atoms with van der Waals surface area (Å²) in [5, 5.41) is 21.0. The number of hydrogen-bond donors (Lipinski definition) is 4. The Balaban J connectivity index is 0.000000288. The number of alkyl halides is 6. The van der Waals surface area contributed by atoms with Crippen molar-refractivity contribution in [3.8, 4) is 0 Å². The first-order valence-electron chi connectivity index (χ1n) is 8.74. The van der Waals surface area contributed by atoms with Gasteiger partial charge >= 0.3 is 24.3 Å². The van der Waals surface area contributed by atoms with Crippen LogP contribution in [0.1, 0.15) is 19.3 Å². The lowest BCUT2D eigenvalue weighted by Crippen LogP contribution is -2.45. The molecule has 0 saturated carbocycles. The van der Waals surface area contributed by atoms with E-state index < -0.39 is 24.3 Å². The molecule has 0 radical (unpaired) electrons. The van der Waals surface area contributed by atoms with Crippen molar-refractivity contribution in [3.63, 3.8) is 0 Å². The molecular weight excluding hydrogens is 442 g/mol. The summed E-state index contributed by atoms with van der Waals surface area (Å²) < 4.78 is 69.5. The molecule has 0 amide bonds. The molecule has 0 aromatic carbocycles. The van der Waals surface area contributed by atoms with Crippen molar-refractivity contribution in [1.29, 1.82) is 0 Å². The van der Waals surface area contributed by atoms with Gasteiger partial charge in [0.2, 0.25) is 5.95 Å². The maximum absolute atomic E-state index is 10.6. The summed E-state index contributed by atoms with van der Waals surface area (Å²) in [5.41, 5.74) is 0.0463. The molecule has 0 aliphatic carbocycles. The van der Waals surface area contributed by atoms with Gasteiger partial charge in [-0.3, -0.25) is 0 Å². The first kappa shape index (κ1) is 26.4. The number of aliphatic carboxylic acids is 2. The third-order valence-electron chi connectivity index (χ3n) is 4.03. The molecule has 1 aromatic heterocycles. The highest BCUT2D eigenvalue weighted by atomic mass is 19.4. The number of carboxylic acid groups (broad SMARTS) is 2. The summed E-state index contributed by atoms with van der Waals surface area (Å²) in [7, 11) is 0. The zero-order valence-electron chi connectivity index (χ0n) is 15.8. The van der Waals surface area contributed by atoms with Crippen molar-refractivity contribution in [1.82, 2.24) is 15.3 Å². The van der Waals surface area contributed by atoms with Gasteiger partial charge in [-0.25, -0.2) is 19.6 Å². The third-order valence-corrected chi connectivity index (χ3v) is 4.03. The average Bonchev–Trinajstić information content (AvgIpc) is 3.04. The molecule has 31 heavy (non-hydrogen) atoms. The van der Waals surface area contributed by atoms with Gasteiger partial charge in [0.1, 0.15) is 0 Å². The second kappa shape index (κ2) is 11.1. The number of piperidine rings is 1. The smallest absolute Gasteiger partial charge is 0.475 e.